The molecule has 0 saturated carbocycles. The van der Waals surface area contributed by atoms with Crippen molar-refractivity contribution in [3.63, 3.8) is 0 Å². The zero-order valence-electron chi connectivity index (χ0n) is 13.4. The van der Waals surface area contributed by atoms with Crippen molar-refractivity contribution in [1.82, 2.24) is 4.90 Å². The van der Waals surface area contributed by atoms with Gasteiger partial charge in [0.1, 0.15) is 0 Å². The van der Waals surface area contributed by atoms with E-state index in [1.165, 1.54) is 51.6 Å². The first-order valence-electron chi connectivity index (χ1n) is 8.26. The maximum atomic E-state index is 2.74. The Morgan fingerprint density at radius 3 is 1.83 bits per heavy atom. The van der Waals surface area contributed by atoms with Crippen LogP contribution in [0.2, 0.25) is 0 Å². The Bertz CT molecular complexity index is 204. The summed E-state index contributed by atoms with van der Waals surface area (Å²) in [5.74, 6) is 2.56. The lowest BCUT2D eigenvalue weighted by atomic mass is 9.83. The molecule has 1 fully saturated rings. The van der Waals surface area contributed by atoms with E-state index in [1.54, 1.807) is 0 Å². The largest absolute Gasteiger partial charge is 0.301 e. The van der Waals surface area contributed by atoms with Crippen LogP contribution in [0.5, 0.6) is 0 Å². The van der Waals surface area contributed by atoms with Gasteiger partial charge in [0.25, 0.3) is 0 Å². The Labute approximate surface area is 115 Å². The SMILES string of the molecule is CC(C)C(C)C(C)CCC(C)N1CCCCCC1. The van der Waals surface area contributed by atoms with Crippen LogP contribution in [0.4, 0.5) is 0 Å². The van der Waals surface area contributed by atoms with Gasteiger partial charge in [0.05, 0.1) is 0 Å². The summed E-state index contributed by atoms with van der Waals surface area (Å²) in [5.41, 5.74) is 0. The topological polar surface area (TPSA) is 3.24 Å². The second-order valence-electron chi connectivity index (χ2n) is 6.96. The molecule has 18 heavy (non-hydrogen) atoms. The third-order valence-electron chi connectivity index (χ3n) is 5.25. The van der Waals surface area contributed by atoms with E-state index in [9.17, 15) is 0 Å². The summed E-state index contributed by atoms with van der Waals surface area (Å²) in [6, 6.07) is 0.796. The minimum absolute atomic E-state index is 0.796. The normalized spacial score (nSPS) is 23.7. The number of rotatable bonds is 6. The average molecular weight is 253 g/mol. The van der Waals surface area contributed by atoms with Gasteiger partial charge in [-0.05, 0) is 63.5 Å². The van der Waals surface area contributed by atoms with Crippen LogP contribution in [0.25, 0.3) is 0 Å². The lowest BCUT2D eigenvalue weighted by Crippen LogP contribution is -2.34. The molecule has 0 amide bonds. The fourth-order valence-corrected chi connectivity index (χ4v) is 3.14. The molecule has 0 N–H and O–H groups in total. The zero-order chi connectivity index (χ0) is 13.5. The second kappa shape index (κ2) is 8.19. The standard InChI is InChI=1S/C17H35N/c1-14(2)17(5)15(3)10-11-16(4)18-12-8-6-7-9-13-18/h14-17H,6-13H2,1-5H3. The quantitative estimate of drug-likeness (QED) is 0.647. The third kappa shape index (κ3) is 5.30. The van der Waals surface area contributed by atoms with Crippen LogP contribution in [-0.2, 0) is 0 Å². The van der Waals surface area contributed by atoms with E-state index >= 15 is 0 Å². The van der Waals surface area contributed by atoms with E-state index < -0.39 is 0 Å². The molecule has 108 valence electrons. The van der Waals surface area contributed by atoms with Gasteiger partial charge >= 0.3 is 0 Å². The van der Waals surface area contributed by atoms with Crippen LogP contribution >= 0.6 is 0 Å². The Balaban J connectivity index is 2.28. The number of nitrogens with zero attached hydrogens (tertiary/aromatic N) is 1. The lowest BCUT2D eigenvalue weighted by molar-refractivity contribution is 0.185. The van der Waals surface area contributed by atoms with E-state index in [1.807, 2.05) is 0 Å². The minimum Gasteiger partial charge on any atom is -0.301 e. The van der Waals surface area contributed by atoms with Crippen LogP contribution in [-0.4, -0.2) is 24.0 Å². The summed E-state index contributed by atoms with van der Waals surface area (Å²) in [6.45, 7) is 14.7. The van der Waals surface area contributed by atoms with Gasteiger partial charge in [-0.2, -0.15) is 0 Å². The van der Waals surface area contributed by atoms with Gasteiger partial charge in [-0.25, -0.2) is 0 Å². The Morgan fingerprint density at radius 2 is 1.33 bits per heavy atom. The molecule has 0 spiro atoms. The zero-order valence-corrected chi connectivity index (χ0v) is 13.4. The van der Waals surface area contributed by atoms with Crippen molar-refractivity contribution >= 4 is 0 Å². The van der Waals surface area contributed by atoms with Crippen LogP contribution in [0, 0.1) is 17.8 Å². The van der Waals surface area contributed by atoms with Crippen molar-refractivity contribution in [2.24, 2.45) is 17.8 Å². The molecule has 1 aliphatic heterocycles. The summed E-state index contributed by atoms with van der Waals surface area (Å²) in [6.07, 6.45) is 8.52. The highest BCUT2D eigenvalue weighted by molar-refractivity contribution is 4.73. The monoisotopic (exact) mass is 253 g/mol. The molecule has 0 aliphatic carbocycles. The number of hydrogen-bond acceptors (Lipinski definition) is 1. The highest BCUT2D eigenvalue weighted by Gasteiger charge is 2.19. The maximum Gasteiger partial charge on any atom is 0.00670 e. The smallest absolute Gasteiger partial charge is 0.00670 e. The molecular formula is C17H35N. The van der Waals surface area contributed by atoms with E-state index in [2.05, 4.69) is 39.5 Å². The van der Waals surface area contributed by atoms with Crippen molar-refractivity contribution in [2.45, 2.75) is 79.2 Å². The fourth-order valence-electron chi connectivity index (χ4n) is 3.14. The summed E-state index contributed by atoms with van der Waals surface area (Å²) in [4.78, 5) is 2.74. The number of hydrogen-bond donors (Lipinski definition) is 0. The molecule has 1 heteroatoms. The van der Waals surface area contributed by atoms with E-state index in [-0.39, 0.29) is 0 Å². The minimum atomic E-state index is 0.796. The molecule has 1 rings (SSSR count). The Kier molecular flexibility index (Phi) is 7.29. The van der Waals surface area contributed by atoms with Crippen molar-refractivity contribution in [3.8, 4) is 0 Å². The molecule has 0 aromatic heterocycles. The van der Waals surface area contributed by atoms with Gasteiger partial charge in [0.15, 0.2) is 0 Å². The predicted molar refractivity (Wildman–Crippen MR) is 81.9 cm³/mol. The molecule has 1 nitrogen and oxygen atoms in total. The van der Waals surface area contributed by atoms with Crippen LogP contribution < -0.4 is 0 Å². The average Bonchev–Trinajstić information content (AvgIpc) is 2.63. The second-order valence-corrected chi connectivity index (χ2v) is 6.96. The lowest BCUT2D eigenvalue weighted by Gasteiger charge is -2.30. The third-order valence-corrected chi connectivity index (χ3v) is 5.25. The van der Waals surface area contributed by atoms with Gasteiger partial charge in [0.2, 0.25) is 0 Å². The highest BCUT2D eigenvalue weighted by Crippen LogP contribution is 2.25. The molecule has 1 aliphatic rings. The Morgan fingerprint density at radius 1 is 0.778 bits per heavy atom. The van der Waals surface area contributed by atoms with Crippen LogP contribution in [0.15, 0.2) is 0 Å². The van der Waals surface area contributed by atoms with Crippen molar-refractivity contribution in [3.05, 3.63) is 0 Å². The van der Waals surface area contributed by atoms with Crippen molar-refractivity contribution < 1.29 is 0 Å². The van der Waals surface area contributed by atoms with Gasteiger partial charge < -0.3 is 4.90 Å². The summed E-state index contributed by atoms with van der Waals surface area (Å²) in [7, 11) is 0. The van der Waals surface area contributed by atoms with Gasteiger partial charge in [-0.1, -0.05) is 40.5 Å². The first kappa shape index (κ1) is 16.0. The van der Waals surface area contributed by atoms with Crippen molar-refractivity contribution in [2.75, 3.05) is 13.1 Å². The van der Waals surface area contributed by atoms with Crippen LogP contribution in [0.3, 0.4) is 0 Å². The molecule has 1 heterocycles. The maximum absolute atomic E-state index is 2.74. The fraction of sp³-hybridized carbons (Fsp3) is 1.00. The molecule has 1 saturated heterocycles. The van der Waals surface area contributed by atoms with E-state index in [0.717, 1.165) is 23.8 Å². The molecule has 0 radical (unpaired) electrons. The van der Waals surface area contributed by atoms with Crippen LogP contribution in [0.1, 0.15) is 73.1 Å². The van der Waals surface area contributed by atoms with E-state index in [4.69, 9.17) is 0 Å². The highest BCUT2D eigenvalue weighted by atomic mass is 15.1. The molecule has 3 unspecified atom stereocenters. The number of likely N-dealkylation sites (tertiary alicyclic amines) is 1. The van der Waals surface area contributed by atoms with Crippen molar-refractivity contribution in [1.29, 1.82) is 0 Å². The van der Waals surface area contributed by atoms with Gasteiger partial charge in [-0.3, -0.25) is 0 Å². The first-order chi connectivity index (χ1) is 8.52. The summed E-state index contributed by atoms with van der Waals surface area (Å²) in [5, 5.41) is 0. The molecule has 3 atom stereocenters. The van der Waals surface area contributed by atoms with Gasteiger partial charge in [-0.15, -0.1) is 0 Å². The first-order valence-corrected chi connectivity index (χ1v) is 8.26. The molecule has 0 aromatic carbocycles. The van der Waals surface area contributed by atoms with E-state index in [0.29, 0.717) is 0 Å². The molecule has 0 bridgehead atoms. The summed E-state index contributed by atoms with van der Waals surface area (Å²) < 4.78 is 0. The predicted octanol–water partition coefficient (Wildman–Crippen LogP) is 4.96. The van der Waals surface area contributed by atoms with Gasteiger partial charge in [0, 0.05) is 6.04 Å². The molecule has 0 aromatic rings. The molecular weight excluding hydrogens is 218 g/mol. The Hall–Kier alpha value is -0.0400. The summed E-state index contributed by atoms with van der Waals surface area (Å²) >= 11 is 0.